The molecule has 154 valence electrons. The number of methoxy groups -OCH3 is 2. The number of ether oxygens (including phenoxy) is 2. The van der Waals surface area contributed by atoms with Crippen LogP contribution in [0, 0.1) is 5.92 Å². The lowest BCUT2D eigenvalue weighted by Gasteiger charge is -2.32. The molecule has 4 rings (SSSR count). The summed E-state index contributed by atoms with van der Waals surface area (Å²) >= 11 is 0. The fourth-order valence-corrected chi connectivity index (χ4v) is 4.20. The van der Waals surface area contributed by atoms with Gasteiger partial charge in [-0.05, 0) is 60.6 Å². The second-order valence-corrected chi connectivity index (χ2v) is 8.02. The topological polar surface area (TPSA) is 54.9 Å². The standard InChI is InChI=1S/C23H29N3O3/c1-16-5-9-25(10-6-16)22-14-18(4-8-24-22)23(27)26-11-7-17-12-20(28-2)21(29-3)13-19(17)15-26/h4,8,12-14,16H,5-7,9-11,15H2,1-3H3. The quantitative estimate of drug-likeness (QED) is 0.793. The van der Waals surface area contributed by atoms with Crippen LogP contribution in [0.25, 0.3) is 0 Å². The number of hydrogen-bond donors (Lipinski definition) is 0. The van der Waals surface area contributed by atoms with Crippen LogP contribution in [0.5, 0.6) is 11.5 Å². The van der Waals surface area contributed by atoms with Gasteiger partial charge in [0.05, 0.1) is 14.2 Å². The van der Waals surface area contributed by atoms with E-state index in [1.807, 2.05) is 29.2 Å². The van der Waals surface area contributed by atoms with Crippen molar-refractivity contribution in [2.24, 2.45) is 5.92 Å². The van der Waals surface area contributed by atoms with Crippen molar-refractivity contribution in [1.29, 1.82) is 0 Å². The predicted octanol–water partition coefficient (Wildman–Crippen LogP) is 3.53. The number of hydrogen-bond acceptors (Lipinski definition) is 5. The summed E-state index contributed by atoms with van der Waals surface area (Å²) in [5.74, 6) is 3.16. The predicted molar refractivity (Wildman–Crippen MR) is 113 cm³/mol. The average molecular weight is 396 g/mol. The minimum Gasteiger partial charge on any atom is -0.493 e. The van der Waals surface area contributed by atoms with Gasteiger partial charge in [0.15, 0.2) is 11.5 Å². The lowest BCUT2D eigenvalue weighted by atomic mass is 9.98. The monoisotopic (exact) mass is 395 g/mol. The fourth-order valence-electron chi connectivity index (χ4n) is 4.20. The summed E-state index contributed by atoms with van der Waals surface area (Å²) in [6, 6.07) is 7.78. The van der Waals surface area contributed by atoms with E-state index in [9.17, 15) is 4.79 Å². The molecule has 0 saturated carbocycles. The van der Waals surface area contributed by atoms with Crippen molar-refractivity contribution in [2.45, 2.75) is 32.7 Å². The highest BCUT2D eigenvalue weighted by Crippen LogP contribution is 2.33. The van der Waals surface area contributed by atoms with E-state index in [1.54, 1.807) is 20.4 Å². The zero-order valence-corrected chi connectivity index (χ0v) is 17.5. The van der Waals surface area contributed by atoms with Gasteiger partial charge in [0.1, 0.15) is 5.82 Å². The van der Waals surface area contributed by atoms with Crippen molar-refractivity contribution >= 4 is 11.7 Å². The van der Waals surface area contributed by atoms with E-state index >= 15 is 0 Å². The summed E-state index contributed by atoms with van der Waals surface area (Å²) in [4.78, 5) is 21.9. The van der Waals surface area contributed by atoms with Crippen LogP contribution >= 0.6 is 0 Å². The lowest BCUT2D eigenvalue weighted by molar-refractivity contribution is 0.0734. The van der Waals surface area contributed by atoms with Gasteiger partial charge in [-0.15, -0.1) is 0 Å². The molecule has 2 aliphatic rings. The number of benzene rings is 1. The van der Waals surface area contributed by atoms with Crippen molar-refractivity contribution in [3.8, 4) is 11.5 Å². The summed E-state index contributed by atoms with van der Waals surface area (Å²) in [7, 11) is 3.28. The molecule has 0 radical (unpaired) electrons. The minimum atomic E-state index is 0.0551. The third kappa shape index (κ3) is 4.02. The first-order valence-electron chi connectivity index (χ1n) is 10.3. The smallest absolute Gasteiger partial charge is 0.254 e. The average Bonchev–Trinajstić information content (AvgIpc) is 2.77. The molecular weight excluding hydrogens is 366 g/mol. The molecule has 6 heteroatoms. The van der Waals surface area contributed by atoms with Gasteiger partial charge >= 0.3 is 0 Å². The molecule has 0 N–H and O–H groups in total. The molecule has 3 heterocycles. The second kappa shape index (κ2) is 8.31. The second-order valence-electron chi connectivity index (χ2n) is 8.02. The lowest BCUT2D eigenvalue weighted by Crippen LogP contribution is -2.36. The van der Waals surface area contributed by atoms with Gasteiger partial charge in [-0.25, -0.2) is 4.98 Å². The number of piperidine rings is 1. The summed E-state index contributed by atoms with van der Waals surface area (Å²) in [5, 5.41) is 0. The highest BCUT2D eigenvalue weighted by Gasteiger charge is 2.25. The van der Waals surface area contributed by atoms with Crippen molar-refractivity contribution in [1.82, 2.24) is 9.88 Å². The Kier molecular flexibility index (Phi) is 5.60. The molecule has 0 bridgehead atoms. The number of nitrogens with zero attached hydrogens (tertiary/aromatic N) is 3. The molecule has 29 heavy (non-hydrogen) atoms. The Morgan fingerprint density at radius 3 is 2.41 bits per heavy atom. The summed E-state index contributed by atoms with van der Waals surface area (Å²) < 4.78 is 10.8. The van der Waals surface area contributed by atoms with E-state index in [1.165, 1.54) is 18.4 Å². The van der Waals surface area contributed by atoms with E-state index in [0.717, 1.165) is 42.6 Å². The number of pyridine rings is 1. The summed E-state index contributed by atoms with van der Waals surface area (Å²) in [5.41, 5.74) is 3.03. The maximum Gasteiger partial charge on any atom is 0.254 e. The van der Waals surface area contributed by atoms with E-state index in [2.05, 4.69) is 16.8 Å². The molecule has 1 aromatic carbocycles. The van der Waals surface area contributed by atoms with Crippen LogP contribution in [-0.4, -0.2) is 49.6 Å². The zero-order valence-electron chi connectivity index (χ0n) is 17.5. The van der Waals surface area contributed by atoms with Gasteiger partial charge in [-0.1, -0.05) is 6.92 Å². The number of carbonyl (C=O) groups is 1. The van der Waals surface area contributed by atoms with E-state index in [-0.39, 0.29) is 5.91 Å². The third-order valence-corrected chi connectivity index (χ3v) is 6.11. The van der Waals surface area contributed by atoms with E-state index in [0.29, 0.717) is 24.4 Å². The first-order chi connectivity index (χ1) is 14.1. The molecule has 2 aromatic rings. The fraction of sp³-hybridized carbons (Fsp3) is 0.478. The van der Waals surface area contributed by atoms with Gasteiger partial charge in [-0.3, -0.25) is 4.79 Å². The maximum atomic E-state index is 13.2. The van der Waals surface area contributed by atoms with Crippen LogP contribution in [0.1, 0.15) is 41.3 Å². The van der Waals surface area contributed by atoms with Crippen LogP contribution in [0.4, 0.5) is 5.82 Å². The SMILES string of the molecule is COc1cc2c(cc1OC)CN(C(=O)c1ccnc(N3CCC(C)CC3)c1)CC2. The van der Waals surface area contributed by atoms with Crippen molar-refractivity contribution in [3.63, 3.8) is 0 Å². The number of carbonyl (C=O) groups excluding carboxylic acids is 1. The molecule has 1 saturated heterocycles. The molecule has 2 aliphatic heterocycles. The Balaban J connectivity index is 1.51. The molecule has 1 fully saturated rings. The van der Waals surface area contributed by atoms with Crippen LogP contribution in [0.3, 0.4) is 0 Å². The minimum absolute atomic E-state index is 0.0551. The van der Waals surface area contributed by atoms with Crippen LogP contribution in [0.15, 0.2) is 30.5 Å². The first kappa shape index (κ1) is 19.6. The highest BCUT2D eigenvalue weighted by atomic mass is 16.5. The number of amides is 1. The largest absolute Gasteiger partial charge is 0.493 e. The Bertz CT molecular complexity index is 891. The molecule has 0 aliphatic carbocycles. The summed E-state index contributed by atoms with van der Waals surface area (Å²) in [6.07, 6.45) is 4.91. The Morgan fingerprint density at radius 1 is 1.03 bits per heavy atom. The first-order valence-corrected chi connectivity index (χ1v) is 10.3. The third-order valence-electron chi connectivity index (χ3n) is 6.11. The van der Waals surface area contributed by atoms with E-state index < -0.39 is 0 Å². The van der Waals surface area contributed by atoms with Gasteiger partial charge in [0, 0.05) is 37.9 Å². The van der Waals surface area contributed by atoms with Gasteiger partial charge in [-0.2, -0.15) is 0 Å². The molecule has 0 atom stereocenters. The van der Waals surface area contributed by atoms with Crippen molar-refractivity contribution in [2.75, 3.05) is 38.8 Å². The maximum absolute atomic E-state index is 13.2. The Morgan fingerprint density at radius 2 is 1.72 bits per heavy atom. The number of fused-ring (bicyclic) bond motifs is 1. The van der Waals surface area contributed by atoms with Gasteiger partial charge < -0.3 is 19.3 Å². The van der Waals surface area contributed by atoms with Crippen LogP contribution in [-0.2, 0) is 13.0 Å². The molecular formula is C23H29N3O3. The van der Waals surface area contributed by atoms with Crippen LogP contribution < -0.4 is 14.4 Å². The van der Waals surface area contributed by atoms with Crippen molar-refractivity contribution in [3.05, 3.63) is 47.2 Å². The number of anilines is 1. The van der Waals surface area contributed by atoms with Gasteiger partial charge in [0.2, 0.25) is 0 Å². The normalized spacial score (nSPS) is 17.1. The van der Waals surface area contributed by atoms with Gasteiger partial charge in [0.25, 0.3) is 5.91 Å². The summed E-state index contributed by atoms with van der Waals surface area (Å²) in [6.45, 7) is 5.58. The van der Waals surface area contributed by atoms with E-state index in [4.69, 9.17) is 9.47 Å². The number of aromatic nitrogens is 1. The molecule has 0 unspecified atom stereocenters. The molecule has 0 spiro atoms. The molecule has 1 aromatic heterocycles. The Hall–Kier alpha value is -2.76. The molecule has 6 nitrogen and oxygen atoms in total. The van der Waals surface area contributed by atoms with Crippen LogP contribution in [0.2, 0.25) is 0 Å². The van der Waals surface area contributed by atoms with Crippen molar-refractivity contribution < 1.29 is 14.3 Å². The zero-order chi connectivity index (χ0) is 20.4. The number of rotatable bonds is 4. The Labute approximate surface area is 172 Å². The molecule has 1 amide bonds. The highest BCUT2D eigenvalue weighted by molar-refractivity contribution is 5.95.